The largest absolute Gasteiger partial charge is 0.0697 e. The first kappa shape index (κ1) is 20.4. The normalized spacial score (nSPS) is 18.3. The van der Waals surface area contributed by atoms with Gasteiger partial charge < -0.3 is 0 Å². The second-order valence-corrected chi connectivity index (χ2v) is 12.2. The van der Waals surface area contributed by atoms with Gasteiger partial charge in [0.05, 0.1) is 9.52 Å². The fourth-order valence-corrected chi connectivity index (χ4v) is 7.73. The molecule has 0 aliphatic heterocycles. The van der Waals surface area contributed by atoms with E-state index >= 15 is 0 Å². The summed E-state index contributed by atoms with van der Waals surface area (Å²) in [4.78, 5) is 0. The van der Waals surface area contributed by atoms with Crippen LogP contribution in [0.15, 0.2) is 47.5 Å². The Labute approximate surface area is 180 Å². The number of fused-ring (bicyclic) bond motifs is 2. The molecule has 0 aromatic heterocycles. The van der Waals surface area contributed by atoms with Gasteiger partial charge in [0.25, 0.3) is 0 Å². The highest BCUT2D eigenvalue weighted by atomic mass is 28.2. The molecule has 0 heterocycles. The Hall–Kier alpha value is -1.86. The third kappa shape index (κ3) is 4.21. The van der Waals surface area contributed by atoms with Crippen molar-refractivity contribution in [3.8, 4) is 0 Å². The summed E-state index contributed by atoms with van der Waals surface area (Å²) in [6, 6.07) is 14.5. The molecule has 2 aromatic carbocycles. The summed E-state index contributed by atoms with van der Waals surface area (Å²) in [7, 11) is -0.423. The van der Waals surface area contributed by atoms with E-state index in [1.165, 1.54) is 29.5 Å². The zero-order chi connectivity index (χ0) is 20.7. The predicted molar refractivity (Wildman–Crippen MR) is 131 cm³/mol. The number of hydrogen-bond donors (Lipinski definition) is 0. The van der Waals surface area contributed by atoms with E-state index in [9.17, 15) is 0 Å². The standard InChI is InChI=1S/C28H36Si/c1-17(2)11-21-7-9-23-13-19(5)27(25(23)15-21)29-28-20(6)14-24-10-8-22(12-18(3)4)16-26(24)28/h7-10,13,15-18,27H,11-12,14,29H2,1-6H3. The van der Waals surface area contributed by atoms with E-state index in [1.54, 1.807) is 33.0 Å². The Kier molecular flexibility index (Phi) is 5.71. The Balaban J connectivity index is 1.64. The van der Waals surface area contributed by atoms with Gasteiger partial charge in [-0.3, -0.25) is 0 Å². The molecule has 29 heavy (non-hydrogen) atoms. The Morgan fingerprint density at radius 1 is 0.897 bits per heavy atom. The topological polar surface area (TPSA) is 0 Å². The van der Waals surface area contributed by atoms with Gasteiger partial charge in [-0.2, -0.15) is 0 Å². The Bertz CT molecular complexity index is 987. The van der Waals surface area contributed by atoms with Crippen molar-refractivity contribution in [2.45, 2.75) is 66.3 Å². The van der Waals surface area contributed by atoms with Crippen molar-refractivity contribution in [3.63, 3.8) is 0 Å². The van der Waals surface area contributed by atoms with Gasteiger partial charge in [0, 0.05) is 0 Å². The molecule has 0 spiro atoms. The SMILES string of the molecule is CC1=Cc2ccc(CC(C)C)cc2C1[SiH2]C1=C(C)Cc2ccc(CC(C)C)cc21. The van der Waals surface area contributed by atoms with Crippen molar-refractivity contribution < 1.29 is 0 Å². The first-order chi connectivity index (χ1) is 13.8. The van der Waals surface area contributed by atoms with Gasteiger partial charge in [0.1, 0.15) is 0 Å². The highest BCUT2D eigenvalue weighted by Crippen LogP contribution is 2.41. The molecule has 1 heteroatoms. The molecule has 0 bridgehead atoms. The lowest BCUT2D eigenvalue weighted by atomic mass is 9.98. The second-order valence-electron chi connectivity index (χ2n) is 10.2. The Morgan fingerprint density at radius 2 is 1.55 bits per heavy atom. The summed E-state index contributed by atoms with van der Waals surface area (Å²) in [5, 5.41) is 1.74. The molecular weight excluding hydrogens is 364 g/mol. The van der Waals surface area contributed by atoms with Gasteiger partial charge in [-0.1, -0.05) is 86.5 Å². The maximum Gasteiger partial charge on any atom is 0.0682 e. The van der Waals surface area contributed by atoms with Crippen molar-refractivity contribution in [3.05, 3.63) is 80.9 Å². The molecule has 0 nitrogen and oxygen atoms in total. The van der Waals surface area contributed by atoms with E-state index in [-0.39, 0.29) is 0 Å². The van der Waals surface area contributed by atoms with E-state index < -0.39 is 9.52 Å². The van der Waals surface area contributed by atoms with E-state index in [1.807, 2.05) is 0 Å². The van der Waals surface area contributed by atoms with Crippen LogP contribution in [-0.2, 0) is 19.3 Å². The summed E-state index contributed by atoms with van der Waals surface area (Å²) in [6.07, 6.45) is 5.98. The lowest BCUT2D eigenvalue weighted by Crippen LogP contribution is -2.11. The van der Waals surface area contributed by atoms with Gasteiger partial charge in [0.15, 0.2) is 0 Å². The molecule has 152 valence electrons. The number of hydrogen-bond acceptors (Lipinski definition) is 0. The maximum absolute atomic E-state index is 2.53. The van der Waals surface area contributed by atoms with Crippen LogP contribution in [0.3, 0.4) is 0 Å². The molecule has 0 fully saturated rings. The Morgan fingerprint density at radius 3 is 2.24 bits per heavy atom. The van der Waals surface area contributed by atoms with Gasteiger partial charge in [0.2, 0.25) is 0 Å². The smallest absolute Gasteiger partial charge is 0.0682 e. The van der Waals surface area contributed by atoms with E-state index in [4.69, 9.17) is 0 Å². The summed E-state index contributed by atoms with van der Waals surface area (Å²) in [6.45, 7) is 14.0. The van der Waals surface area contributed by atoms with Gasteiger partial charge in [-0.25, -0.2) is 0 Å². The minimum Gasteiger partial charge on any atom is -0.0697 e. The molecule has 4 rings (SSSR count). The van der Waals surface area contributed by atoms with Crippen molar-refractivity contribution in [1.82, 2.24) is 0 Å². The van der Waals surface area contributed by atoms with Crippen LogP contribution in [0.5, 0.6) is 0 Å². The average molecular weight is 401 g/mol. The molecule has 0 N–H and O–H groups in total. The fourth-order valence-electron chi connectivity index (χ4n) is 5.29. The highest BCUT2D eigenvalue weighted by Gasteiger charge is 2.28. The maximum atomic E-state index is 2.53. The number of allylic oxidation sites excluding steroid dienone is 2. The minimum absolute atomic E-state index is 0.423. The van der Waals surface area contributed by atoms with E-state index in [0.29, 0.717) is 17.4 Å². The van der Waals surface area contributed by atoms with Crippen LogP contribution >= 0.6 is 0 Å². The quantitative estimate of drug-likeness (QED) is 0.473. The molecule has 0 saturated carbocycles. The predicted octanol–water partition coefficient (Wildman–Crippen LogP) is 6.70. The highest BCUT2D eigenvalue weighted by molar-refractivity contribution is 6.64. The van der Waals surface area contributed by atoms with Crippen LogP contribution < -0.4 is 0 Å². The first-order valence-electron chi connectivity index (χ1n) is 11.4. The van der Waals surface area contributed by atoms with Crippen molar-refractivity contribution >= 4 is 20.8 Å². The summed E-state index contributed by atoms with van der Waals surface area (Å²) >= 11 is 0. The van der Waals surface area contributed by atoms with Crippen LogP contribution in [0.2, 0.25) is 0 Å². The molecule has 2 aliphatic rings. The van der Waals surface area contributed by atoms with Crippen LogP contribution in [-0.4, -0.2) is 9.52 Å². The van der Waals surface area contributed by atoms with Gasteiger partial charge >= 0.3 is 0 Å². The fraction of sp³-hybridized carbons (Fsp3) is 0.429. The summed E-state index contributed by atoms with van der Waals surface area (Å²) in [5.41, 5.74) is 13.1. The average Bonchev–Trinajstić information content (AvgIpc) is 3.11. The van der Waals surface area contributed by atoms with E-state index in [2.05, 4.69) is 84.0 Å². The monoisotopic (exact) mass is 400 g/mol. The molecule has 0 radical (unpaired) electrons. The van der Waals surface area contributed by atoms with Crippen LogP contribution in [0.4, 0.5) is 0 Å². The van der Waals surface area contributed by atoms with Crippen LogP contribution in [0.1, 0.15) is 80.5 Å². The van der Waals surface area contributed by atoms with E-state index in [0.717, 1.165) is 6.42 Å². The zero-order valence-electron chi connectivity index (χ0n) is 19.1. The molecule has 1 atom stereocenters. The molecule has 2 aromatic rings. The molecule has 0 amide bonds. The minimum atomic E-state index is -0.423. The number of benzene rings is 2. The third-order valence-electron chi connectivity index (χ3n) is 6.63. The molecule has 0 saturated heterocycles. The van der Waals surface area contributed by atoms with Crippen molar-refractivity contribution in [2.24, 2.45) is 11.8 Å². The van der Waals surface area contributed by atoms with Gasteiger partial charge in [-0.05, 0) is 83.9 Å². The van der Waals surface area contributed by atoms with Crippen LogP contribution in [0, 0.1) is 11.8 Å². The van der Waals surface area contributed by atoms with Crippen LogP contribution in [0.25, 0.3) is 11.3 Å². The molecular formula is C28H36Si. The van der Waals surface area contributed by atoms with Crippen molar-refractivity contribution in [1.29, 1.82) is 0 Å². The zero-order valence-corrected chi connectivity index (χ0v) is 20.5. The molecule has 2 aliphatic carbocycles. The number of rotatable bonds is 6. The second kappa shape index (κ2) is 8.11. The molecule has 1 unspecified atom stereocenters. The lowest BCUT2D eigenvalue weighted by Gasteiger charge is -2.18. The summed E-state index contributed by atoms with van der Waals surface area (Å²) < 4.78 is 0. The van der Waals surface area contributed by atoms with Crippen molar-refractivity contribution in [2.75, 3.05) is 0 Å². The summed E-state index contributed by atoms with van der Waals surface area (Å²) in [5.74, 6) is 1.43. The first-order valence-corrected chi connectivity index (χ1v) is 13.0. The lowest BCUT2D eigenvalue weighted by molar-refractivity contribution is 0.647. The third-order valence-corrected chi connectivity index (χ3v) is 9.51. The van der Waals surface area contributed by atoms with Gasteiger partial charge in [-0.15, -0.1) is 0 Å².